The number of pyridine rings is 1. The number of anilines is 2. The molecule has 0 saturated carbocycles. The Labute approximate surface area is 142 Å². The molecule has 0 unspecified atom stereocenters. The minimum atomic E-state index is -0.750. The number of carbonyl (C=O) groups is 1. The molecule has 2 aromatic heterocycles. The highest BCUT2D eigenvalue weighted by molar-refractivity contribution is 5.95. The quantitative estimate of drug-likeness (QED) is 0.738. The first-order valence-corrected chi connectivity index (χ1v) is 7.56. The number of methoxy groups -OCH3 is 1. The van der Waals surface area contributed by atoms with Crippen LogP contribution in [0.3, 0.4) is 0 Å². The molecule has 7 heteroatoms. The topological polar surface area (TPSA) is 72.7 Å². The average Bonchev–Trinajstić information content (AvgIpc) is 2.56. The number of carbonyl (C=O) groups excluding carboxylic acids is 1. The number of aryl methyl sites for hydroxylation is 1. The smallest absolute Gasteiger partial charge is 0.347 e. The summed E-state index contributed by atoms with van der Waals surface area (Å²) in [6.07, 6.45) is 1.57. The molecule has 0 spiro atoms. The lowest BCUT2D eigenvalue weighted by atomic mass is 10.2. The number of benzene rings is 1. The maximum atomic E-state index is 12.7. The minimum absolute atomic E-state index is 0.141. The van der Waals surface area contributed by atoms with Crippen LogP contribution in [0.25, 0.3) is 5.65 Å². The summed E-state index contributed by atoms with van der Waals surface area (Å²) in [5.74, 6) is -0.609. The third-order valence-corrected chi connectivity index (χ3v) is 3.79. The van der Waals surface area contributed by atoms with E-state index in [1.54, 1.807) is 36.5 Å². The van der Waals surface area contributed by atoms with Crippen molar-refractivity contribution in [1.29, 1.82) is 0 Å². The van der Waals surface area contributed by atoms with Gasteiger partial charge in [-0.2, -0.15) is 0 Å². The van der Waals surface area contributed by atoms with Crippen LogP contribution in [-0.2, 0) is 4.74 Å². The highest BCUT2D eigenvalue weighted by atomic mass is 35.5. The predicted molar refractivity (Wildman–Crippen MR) is 87.8 cm³/mol. The fourth-order valence-corrected chi connectivity index (χ4v) is 2.59. The number of rotatable bonds is 3. The van der Waals surface area contributed by atoms with E-state index in [0.717, 1.165) is 5.56 Å². The van der Waals surface area contributed by atoms with E-state index in [4.69, 9.17) is 16.3 Å². The van der Waals surface area contributed by atoms with Gasteiger partial charge in [-0.25, -0.2) is 9.78 Å². The van der Waals surface area contributed by atoms with Crippen molar-refractivity contribution >= 4 is 23.1 Å². The minimum Gasteiger partial charge on any atom is -0.465 e. The van der Waals surface area contributed by atoms with Crippen molar-refractivity contribution < 1.29 is 21.1 Å². The van der Waals surface area contributed by atoms with Gasteiger partial charge in [-0.15, -0.1) is 0 Å². The number of hydrogen-bond donors (Lipinski definition) is 1. The summed E-state index contributed by atoms with van der Waals surface area (Å²) in [5, 5.41) is 3.63. The van der Waals surface area contributed by atoms with Crippen LogP contribution in [0.2, 0.25) is 5.02 Å². The molecular weight excluding hydrogens is 330 g/mol. The van der Waals surface area contributed by atoms with E-state index in [2.05, 4.69) is 10.3 Å². The summed E-state index contributed by atoms with van der Waals surface area (Å²) in [6.45, 7) is 1.84. The van der Waals surface area contributed by atoms with Gasteiger partial charge in [0.15, 0.2) is 23.0 Å². The number of fused-ring (bicyclic) bond motifs is 1. The van der Waals surface area contributed by atoms with E-state index in [-0.39, 0.29) is 11.4 Å². The van der Waals surface area contributed by atoms with Gasteiger partial charge in [-0.05, 0) is 24.6 Å². The molecule has 6 nitrogen and oxygen atoms in total. The van der Waals surface area contributed by atoms with Crippen LogP contribution in [0, 0.1) is 18.5 Å². The van der Waals surface area contributed by atoms with E-state index in [0.29, 0.717) is 16.4 Å². The van der Waals surface area contributed by atoms with Gasteiger partial charge in [-0.1, -0.05) is 12.1 Å². The van der Waals surface area contributed by atoms with E-state index in [1.807, 2.05) is 13.0 Å². The van der Waals surface area contributed by atoms with Crippen molar-refractivity contribution in [2.45, 2.75) is 6.92 Å². The highest BCUT2D eigenvalue weighted by Gasteiger charge is 2.21. The second-order valence-corrected chi connectivity index (χ2v) is 5.64. The first-order chi connectivity index (χ1) is 11.5. The van der Waals surface area contributed by atoms with Crippen LogP contribution in [-0.4, -0.2) is 22.5 Å². The Morgan fingerprint density at radius 1 is 1.29 bits per heavy atom. The monoisotopic (exact) mass is 344 g/mol. The van der Waals surface area contributed by atoms with Crippen LogP contribution < -0.4 is 10.9 Å². The van der Waals surface area contributed by atoms with Crippen LogP contribution >= 0.6 is 0 Å². The van der Waals surface area contributed by atoms with Crippen LogP contribution in [0.1, 0.15) is 15.9 Å². The number of nitrogens with one attached hydrogen (secondary N) is 1. The zero-order valence-electron chi connectivity index (χ0n) is 13.1. The number of ether oxygens (including phenoxy) is 1. The van der Waals surface area contributed by atoms with Gasteiger partial charge >= 0.3 is 5.97 Å². The van der Waals surface area contributed by atoms with E-state index in [1.165, 1.54) is 11.5 Å². The number of halogens is 1. The Balaban J connectivity index is 2.26. The molecule has 0 radical (unpaired) electrons. The third kappa shape index (κ3) is 2.83. The predicted octanol–water partition coefficient (Wildman–Crippen LogP) is 2.23. The molecule has 1 aromatic carbocycles. The summed E-state index contributed by atoms with van der Waals surface area (Å²) in [6, 6.07) is 10.6. The molecule has 3 aromatic rings. The van der Waals surface area contributed by atoms with Crippen LogP contribution in [0.4, 0.5) is 11.5 Å². The zero-order valence-corrected chi connectivity index (χ0v) is 13.9. The molecule has 1 N–H and O–H groups in total. The molecule has 0 bridgehead atoms. The second kappa shape index (κ2) is 6.33. The Morgan fingerprint density at radius 2 is 2.08 bits per heavy atom. The van der Waals surface area contributed by atoms with Gasteiger partial charge in [0.1, 0.15) is 5.65 Å². The molecule has 0 atom stereocenters. The van der Waals surface area contributed by atoms with Gasteiger partial charge in [0, 0.05) is 24.0 Å². The lowest BCUT2D eigenvalue weighted by molar-refractivity contribution is -0.288. The van der Waals surface area contributed by atoms with E-state index < -0.39 is 11.5 Å². The number of aromatic nitrogens is 2. The first kappa shape index (κ1) is 16.0. The molecule has 0 aliphatic rings. The maximum absolute atomic E-state index is 12.7. The van der Waals surface area contributed by atoms with Crippen molar-refractivity contribution in [2.75, 3.05) is 12.4 Å². The molecule has 0 aliphatic carbocycles. The first-order valence-electron chi connectivity index (χ1n) is 7.15. The average molecular weight is 345 g/mol. The summed E-state index contributed by atoms with van der Waals surface area (Å²) >= 11 is 5.13. The van der Waals surface area contributed by atoms with Crippen molar-refractivity contribution in [3.63, 3.8) is 0 Å². The fraction of sp³-hybridized carbons (Fsp3) is 0.118. The van der Waals surface area contributed by atoms with Crippen LogP contribution in [0.15, 0.2) is 47.4 Å². The van der Waals surface area contributed by atoms with Crippen molar-refractivity contribution in [1.82, 2.24) is 9.38 Å². The summed E-state index contributed by atoms with van der Waals surface area (Å²) in [4.78, 5) is 29.3. The molecule has 3 rings (SSSR count). The van der Waals surface area contributed by atoms with Gasteiger partial charge in [0.05, 0.1) is 7.11 Å². The molecule has 122 valence electrons. The Morgan fingerprint density at radius 3 is 2.79 bits per heavy atom. The van der Waals surface area contributed by atoms with Crippen molar-refractivity contribution in [2.24, 2.45) is 0 Å². The normalized spacial score (nSPS) is 10.6. The van der Waals surface area contributed by atoms with Crippen LogP contribution in [0.5, 0.6) is 0 Å². The standard InChI is InChI=1S/C17H14ClN3O3/c1-10-5-4-8-21-15(10)20-14(13(16(21)22)17(23)24-2)19-12-7-3-6-11(18)9-12/h3-9,18H,1-2H3/p+1. The molecule has 0 saturated heterocycles. The Bertz CT molecular complexity index is 998. The van der Waals surface area contributed by atoms with Crippen molar-refractivity contribution in [3.05, 3.63) is 69.1 Å². The summed E-state index contributed by atoms with van der Waals surface area (Å²) in [5.41, 5.74) is 1.26. The van der Waals surface area contributed by atoms with Gasteiger partial charge in [-0.3, -0.25) is 9.20 Å². The van der Waals surface area contributed by atoms with Gasteiger partial charge in [0.25, 0.3) is 5.56 Å². The Kier molecular flexibility index (Phi) is 4.22. The van der Waals surface area contributed by atoms with Gasteiger partial charge < -0.3 is 10.1 Å². The van der Waals surface area contributed by atoms with E-state index in [9.17, 15) is 9.59 Å². The molecule has 2 heterocycles. The lowest BCUT2D eigenvalue weighted by Crippen LogP contribution is -2.26. The molecular formula is C17H15ClN3O3+. The number of hydrogen-bond acceptors (Lipinski definition) is 5. The molecule has 0 amide bonds. The highest BCUT2D eigenvalue weighted by Crippen LogP contribution is 2.20. The SMILES string of the molecule is COC(=O)c1c(Nc2cccc([ClH+])c2)nc2c(C)cccn2c1=O. The fourth-order valence-electron chi connectivity index (χ4n) is 2.39. The summed E-state index contributed by atoms with van der Waals surface area (Å²) in [7, 11) is 1.22. The largest absolute Gasteiger partial charge is 0.465 e. The molecule has 24 heavy (non-hydrogen) atoms. The van der Waals surface area contributed by atoms with E-state index >= 15 is 0 Å². The summed E-state index contributed by atoms with van der Waals surface area (Å²) < 4.78 is 6.08. The number of esters is 1. The third-order valence-electron chi connectivity index (χ3n) is 3.54. The van der Waals surface area contributed by atoms with Crippen molar-refractivity contribution in [3.8, 4) is 0 Å². The second-order valence-electron chi connectivity index (χ2n) is 5.17. The maximum Gasteiger partial charge on any atom is 0.347 e. The number of nitrogens with zero attached hydrogens (tertiary/aromatic N) is 2. The zero-order chi connectivity index (χ0) is 17.3. The molecule has 0 fully saturated rings. The van der Waals surface area contributed by atoms with Gasteiger partial charge in [0.2, 0.25) is 5.02 Å². The Hall–Kier alpha value is -2.86. The molecule has 0 aliphatic heterocycles. The lowest BCUT2D eigenvalue weighted by Gasteiger charge is -2.12.